The summed E-state index contributed by atoms with van der Waals surface area (Å²) < 4.78 is 5.85. The van der Waals surface area contributed by atoms with Crippen molar-refractivity contribution in [1.82, 2.24) is 15.0 Å². The molecule has 1 aliphatic rings. The number of aryl methyl sites for hydroxylation is 1. The molecule has 2 N–H and O–H groups in total. The highest BCUT2D eigenvalue weighted by atomic mass is 16.5. The number of hydrogen-bond donors (Lipinski definition) is 1. The second kappa shape index (κ2) is 9.19. The van der Waals surface area contributed by atoms with Crippen molar-refractivity contribution >= 4 is 23.1 Å². The van der Waals surface area contributed by atoms with Crippen molar-refractivity contribution < 1.29 is 9.32 Å². The van der Waals surface area contributed by atoms with E-state index in [0.29, 0.717) is 23.7 Å². The third-order valence-electron chi connectivity index (χ3n) is 6.57. The quantitative estimate of drug-likeness (QED) is 0.445. The standard InChI is InChI=1S/C28H26N6O2/c1-17-27-23-10-6-19(20-7-11-25(30)31-15-20)12-24(23)34(22-8-4-18(14-29)5-9-22)16-21(28(27)36-32-17)13-26(35)33(2)3/h4-12,15,21H,13,16H2,1-3H3,(H2,30,31). The highest BCUT2D eigenvalue weighted by Crippen LogP contribution is 2.47. The predicted molar refractivity (Wildman–Crippen MR) is 139 cm³/mol. The van der Waals surface area contributed by atoms with Gasteiger partial charge in [-0.05, 0) is 55.0 Å². The largest absolute Gasteiger partial charge is 0.384 e. The Morgan fingerprint density at radius 1 is 1.17 bits per heavy atom. The average Bonchev–Trinajstić information content (AvgIpc) is 3.21. The number of rotatable bonds is 4. The molecule has 1 unspecified atom stereocenters. The molecule has 8 nitrogen and oxygen atoms in total. The maximum Gasteiger partial charge on any atom is 0.222 e. The number of carbonyl (C=O) groups is 1. The first-order valence-corrected chi connectivity index (χ1v) is 11.7. The van der Waals surface area contributed by atoms with Gasteiger partial charge in [-0.2, -0.15) is 5.26 Å². The van der Waals surface area contributed by atoms with Crippen LogP contribution in [0.25, 0.3) is 22.3 Å². The molecule has 0 aliphatic carbocycles. The highest BCUT2D eigenvalue weighted by Gasteiger charge is 2.34. The summed E-state index contributed by atoms with van der Waals surface area (Å²) in [5, 5.41) is 13.6. The number of amides is 1. The van der Waals surface area contributed by atoms with Crippen LogP contribution in [0.3, 0.4) is 0 Å². The summed E-state index contributed by atoms with van der Waals surface area (Å²) in [6.07, 6.45) is 2.04. The Labute approximate surface area is 209 Å². The van der Waals surface area contributed by atoms with Crippen molar-refractivity contribution in [1.29, 1.82) is 5.26 Å². The van der Waals surface area contributed by atoms with Crippen LogP contribution < -0.4 is 10.6 Å². The molecule has 0 saturated carbocycles. The van der Waals surface area contributed by atoms with Crippen LogP contribution in [0.4, 0.5) is 17.2 Å². The zero-order valence-electron chi connectivity index (χ0n) is 20.4. The van der Waals surface area contributed by atoms with Crippen LogP contribution in [0.5, 0.6) is 0 Å². The lowest BCUT2D eigenvalue weighted by Gasteiger charge is -2.28. The Kier molecular flexibility index (Phi) is 5.90. The van der Waals surface area contributed by atoms with Crippen LogP contribution >= 0.6 is 0 Å². The molecule has 2 aromatic heterocycles. The number of hydrogen-bond acceptors (Lipinski definition) is 7. The number of benzene rings is 2. The summed E-state index contributed by atoms with van der Waals surface area (Å²) in [6, 6.07) is 19.6. The first kappa shape index (κ1) is 23.1. The molecule has 2 aromatic carbocycles. The molecule has 0 saturated heterocycles. The fourth-order valence-corrected chi connectivity index (χ4v) is 4.63. The molecule has 3 heterocycles. The summed E-state index contributed by atoms with van der Waals surface area (Å²) >= 11 is 0. The number of pyridine rings is 1. The predicted octanol–water partition coefficient (Wildman–Crippen LogP) is 4.88. The van der Waals surface area contributed by atoms with Crippen molar-refractivity contribution in [3.05, 3.63) is 77.8 Å². The molecule has 1 aliphatic heterocycles. The van der Waals surface area contributed by atoms with E-state index in [1.54, 1.807) is 43.4 Å². The molecule has 180 valence electrons. The van der Waals surface area contributed by atoms with Crippen LogP contribution in [-0.2, 0) is 4.79 Å². The third kappa shape index (κ3) is 4.16. The number of nitrogens with zero attached hydrogens (tertiary/aromatic N) is 5. The normalized spacial score (nSPS) is 14.4. The monoisotopic (exact) mass is 478 g/mol. The lowest BCUT2D eigenvalue weighted by Crippen LogP contribution is -2.29. The number of nitriles is 1. The van der Waals surface area contributed by atoms with Crippen LogP contribution in [0.2, 0.25) is 0 Å². The van der Waals surface area contributed by atoms with Gasteiger partial charge >= 0.3 is 0 Å². The molecular weight excluding hydrogens is 452 g/mol. The summed E-state index contributed by atoms with van der Waals surface area (Å²) in [7, 11) is 3.51. The van der Waals surface area contributed by atoms with Crippen molar-refractivity contribution in [3.8, 4) is 28.3 Å². The number of anilines is 3. The minimum absolute atomic E-state index is 0.0133. The second-order valence-corrected chi connectivity index (χ2v) is 9.17. The van der Waals surface area contributed by atoms with Gasteiger partial charge in [0.1, 0.15) is 11.6 Å². The third-order valence-corrected chi connectivity index (χ3v) is 6.57. The van der Waals surface area contributed by atoms with Crippen LogP contribution in [0, 0.1) is 18.3 Å². The summed E-state index contributed by atoms with van der Waals surface area (Å²) in [4.78, 5) is 20.8. The van der Waals surface area contributed by atoms with Crippen LogP contribution in [0.15, 0.2) is 65.3 Å². The second-order valence-electron chi connectivity index (χ2n) is 9.17. The summed E-state index contributed by atoms with van der Waals surface area (Å²) in [5.41, 5.74) is 12.9. The van der Waals surface area contributed by atoms with Gasteiger partial charge in [0, 0.05) is 67.2 Å². The molecule has 1 amide bonds. The number of carbonyl (C=O) groups excluding carboxylic acids is 1. The molecule has 1 atom stereocenters. The Morgan fingerprint density at radius 2 is 1.92 bits per heavy atom. The van der Waals surface area contributed by atoms with Crippen LogP contribution in [0.1, 0.15) is 29.4 Å². The first-order chi connectivity index (χ1) is 17.4. The minimum Gasteiger partial charge on any atom is -0.384 e. The topological polar surface area (TPSA) is 112 Å². The van der Waals surface area contributed by atoms with Gasteiger partial charge in [-0.3, -0.25) is 4.79 Å². The van der Waals surface area contributed by atoms with Crippen molar-refractivity contribution in [2.45, 2.75) is 19.3 Å². The van der Waals surface area contributed by atoms with Crippen LogP contribution in [-0.4, -0.2) is 41.6 Å². The zero-order chi connectivity index (χ0) is 25.4. The van der Waals surface area contributed by atoms with Crippen molar-refractivity contribution in [2.24, 2.45) is 0 Å². The lowest BCUT2D eigenvalue weighted by atomic mass is 9.94. The van der Waals surface area contributed by atoms with Gasteiger partial charge < -0.3 is 20.1 Å². The zero-order valence-corrected chi connectivity index (χ0v) is 20.4. The molecule has 36 heavy (non-hydrogen) atoms. The molecule has 0 spiro atoms. The number of aromatic nitrogens is 2. The molecule has 0 radical (unpaired) electrons. The first-order valence-electron chi connectivity index (χ1n) is 11.7. The summed E-state index contributed by atoms with van der Waals surface area (Å²) in [6.45, 7) is 2.43. The van der Waals surface area contributed by atoms with E-state index in [-0.39, 0.29) is 18.2 Å². The highest BCUT2D eigenvalue weighted by molar-refractivity contribution is 5.90. The fraction of sp³-hybridized carbons (Fsp3) is 0.214. The maximum atomic E-state index is 12.8. The molecule has 0 fully saturated rings. The Balaban J connectivity index is 1.70. The van der Waals surface area contributed by atoms with E-state index in [4.69, 9.17) is 10.3 Å². The smallest absolute Gasteiger partial charge is 0.222 e. The van der Waals surface area contributed by atoms with E-state index in [1.165, 1.54) is 0 Å². The van der Waals surface area contributed by atoms with Gasteiger partial charge in [0.05, 0.1) is 17.3 Å². The average molecular weight is 479 g/mol. The number of nitrogen functional groups attached to an aromatic ring is 1. The Morgan fingerprint density at radius 3 is 2.58 bits per heavy atom. The molecule has 8 heteroatoms. The van der Waals surface area contributed by atoms with Gasteiger partial charge in [-0.25, -0.2) is 4.98 Å². The maximum absolute atomic E-state index is 12.8. The Bertz CT molecular complexity index is 1470. The summed E-state index contributed by atoms with van der Waals surface area (Å²) in [5.74, 6) is 0.966. The van der Waals surface area contributed by atoms with E-state index in [0.717, 1.165) is 39.3 Å². The van der Waals surface area contributed by atoms with Gasteiger partial charge in [0.15, 0.2) is 0 Å². The van der Waals surface area contributed by atoms with Crippen molar-refractivity contribution in [3.63, 3.8) is 0 Å². The number of fused-ring (bicyclic) bond motifs is 3. The molecular formula is C28H26N6O2. The van der Waals surface area contributed by atoms with Crippen molar-refractivity contribution in [2.75, 3.05) is 31.3 Å². The van der Waals surface area contributed by atoms with E-state index in [9.17, 15) is 10.1 Å². The van der Waals surface area contributed by atoms with Gasteiger partial charge in [-0.1, -0.05) is 17.3 Å². The van der Waals surface area contributed by atoms with E-state index in [2.05, 4.69) is 33.2 Å². The van der Waals surface area contributed by atoms with Gasteiger partial charge in [0.2, 0.25) is 5.91 Å². The lowest BCUT2D eigenvalue weighted by molar-refractivity contribution is -0.129. The van der Waals surface area contributed by atoms with E-state index in [1.807, 2.05) is 31.2 Å². The molecule has 4 aromatic rings. The molecule has 5 rings (SSSR count). The minimum atomic E-state index is -0.221. The van der Waals surface area contributed by atoms with Gasteiger partial charge in [-0.15, -0.1) is 0 Å². The molecule has 0 bridgehead atoms. The van der Waals surface area contributed by atoms with E-state index < -0.39 is 0 Å². The number of nitrogens with two attached hydrogens (primary N) is 1. The fourth-order valence-electron chi connectivity index (χ4n) is 4.63. The Hall–Kier alpha value is -4.64. The van der Waals surface area contributed by atoms with E-state index >= 15 is 0 Å². The SMILES string of the molecule is Cc1noc2c1-c1ccc(-c3ccc(N)nc3)cc1N(c1ccc(C#N)cc1)CC2CC(=O)N(C)C. The van der Waals surface area contributed by atoms with Gasteiger partial charge in [0.25, 0.3) is 0 Å².